The Morgan fingerprint density at radius 1 is 0.711 bits per heavy atom. The summed E-state index contributed by atoms with van der Waals surface area (Å²) in [4.78, 5) is 19.1. The second-order valence-electron chi connectivity index (χ2n) is 10.7. The molecule has 2 aliphatic heterocycles. The summed E-state index contributed by atoms with van der Waals surface area (Å²) >= 11 is 0. The Morgan fingerprint density at radius 3 is 2.03 bits per heavy atom. The maximum Gasteiger partial charge on any atom is 0.158 e. The summed E-state index contributed by atoms with van der Waals surface area (Å²) in [6, 6.07) is 24.2. The molecule has 4 aromatic rings. The Labute approximate surface area is 226 Å². The van der Waals surface area contributed by atoms with E-state index in [2.05, 4.69) is 116 Å². The fourth-order valence-corrected chi connectivity index (χ4v) is 6.30. The lowest BCUT2D eigenvalue weighted by Gasteiger charge is -2.35. The van der Waals surface area contributed by atoms with Gasteiger partial charge in [0.2, 0.25) is 0 Å². The first-order chi connectivity index (χ1) is 18.4. The van der Waals surface area contributed by atoms with Crippen LogP contribution in [0.1, 0.15) is 37.5 Å². The van der Waals surface area contributed by atoms with Gasteiger partial charge in [-0.05, 0) is 94.1 Å². The van der Waals surface area contributed by atoms with Gasteiger partial charge in [0.1, 0.15) is 12.3 Å². The minimum absolute atomic E-state index is 0.167. The van der Waals surface area contributed by atoms with Crippen LogP contribution >= 0.6 is 0 Å². The summed E-state index contributed by atoms with van der Waals surface area (Å²) in [6.07, 6.45) is 5.11. The SMILES string of the molecule is Cc1cc(CC(C)N2c3cccnc3N(c3ccccc3C)[C@@H]2C)ccc1N1c2ncccc2N(C)[C@H]1C. The van der Waals surface area contributed by atoms with E-state index in [0.29, 0.717) is 6.04 Å². The van der Waals surface area contributed by atoms with Gasteiger partial charge in [0.15, 0.2) is 11.6 Å². The van der Waals surface area contributed by atoms with E-state index >= 15 is 0 Å². The molecule has 38 heavy (non-hydrogen) atoms. The summed E-state index contributed by atoms with van der Waals surface area (Å²) < 4.78 is 0. The van der Waals surface area contributed by atoms with Gasteiger partial charge in [0.25, 0.3) is 0 Å². The summed E-state index contributed by atoms with van der Waals surface area (Å²) in [5.41, 5.74) is 8.67. The van der Waals surface area contributed by atoms with Crippen LogP contribution in [-0.2, 0) is 6.42 Å². The Kier molecular flexibility index (Phi) is 5.98. The van der Waals surface area contributed by atoms with E-state index in [-0.39, 0.29) is 12.3 Å². The first kappa shape index (κ1) is 24.3. The minimum Gasteiger partial charge on any atom is -0.351 e. The molecule has 0 spiro atoms. The average Bonchev–Trinajstić information content (AvgIpc) is 3.34. The predicted octanol–water partition coefficient (Wildman–Crippen LogP) is 6.96. The van der Waals surface area contributed by atoms with Gasteiger partial charge < -0.3 is 19.6 Å². The fourth-order valence-electron chi connectivity index (χ4n) is 6.30. The molecule has 6 rings (SSSR count). The lowest BCUT2D eigenvalue weighted by Crippen LogP contribution is -2.44. The summed E-state index contributed by atoms with van der Waals surface area (Å²) in [6.45, 7) is 11.2. The number of hydrogen-bond acceptors (Lipinski definition) is 6. The lowest BCUT2D eigenvalue weighted by molar-refractivity contribution is 0.571. The van der Waals surface area contributed by atoms with Crippen molar-refractivity contribution in [3.8, 4) is 0 Å². The third-order valence-corrected chi connectivity index (χ3v) is 8.26. The van der Waals surface area contributed by atoms with E-state index in [1.807, 2.05) is 24.5 Å². The van der Waals surface area contributed by atoms with Gasteiger partial charge in [0.05, 0.1) is 11.4 Å². The van der Waals surface area contributed by atoms with Crippen molar-refractivity contribution in [2.45, 2.75) is 59.4 Å². The van der Waals surface area contributed by atoms with Crippen molar-refractivity contribution in [1.29, 1.82) is 0 Å². The van der Waals surface area contributed by atoms with Crippen LogP contribution < -0.4 is 19.6 Å². The molecule has 0 N–H and O–H groups in total. The molecule has 6 heteroatoms. The van der Waals surface area contributed by atoms with Gasteiger partial charge in [0, 0.05) is 36.9 Å². The molecule has 2 aromatic heterocycles. The van der Waals surface area contributed by atoms with Crippen LogP contribution in [0.2, 0.25) is 0 Å². The van der Waals surface area contributed by atoms with E-state index in [0.717, 1.165) is 18.1 Å². The number of para-hydroxylation sites is 1. The number of anilines is 6. The van der Waals surface area contributed by atoms with Gasteiger partial charge in [-0.15, -0.1) is 0 Å². The first-order valence-electron chi connectivity index (χ1n) is 13.5. The smallest absolute Gasteiger partial charge is 0.158 e. The molecular weight excluding hydrogens is 468 g/mol. The third-order valence-electron chi connectivity index (χ3n) is 8.26. The molecule has 1 unspecified atom stereocenters. The number of benzene rings is 2. The zero-order valence-corrected chi connectivity index (χ0v) is 23.1. The molecule has 0 saturated carbocycles. The number of fused-ring (bicyclic) bond motifs is 2. The molecule has 2 aliphatic rings. The Hall–Kier alpha value is -4.06. The van der Waals surface area contributed by atoms with Gasteiger partial charge in [-0.2, -0.15) is 0 Å². The van der Waals surface area contributed by atoms with Crippen LogP contribution in [0.3, 0.4) is 0 Å². The largest absolute Gasteiger partial charge is 0.351 e. The molecule has 4 heterocycles. The highest BCUT2D eigenvalue weighted by Gasteiger charge is 2.38. The summed E-state index contributed by atoms with van der Waals surface area (Å²) in [5, 5.41) is 0. The van der Waals surface area contributed by atoms with Crippen LogP contribution in [0, 0.1) is 13.8 Å². The molecule has 0 radical (unpaired) electrons. The molecule has 6 nitrogen and oxygen atoms in total. The van der Waals surface area contributed by atoms with Crippen LogP contribution in [0.25, 0.3) is 0 Å². The number of aromatic nitrogens is 2. The molecule has 0 fully saturated rings. The number of nitrogens with zero attached hydrogens (tertiary/aromatic N) is 6. The van der Waals surface area contributed by atoms with Gasteiger partial charge in [-0.1, -0.05) is 30.3 Å². The van der Waals surface area contributed by atoms with Gasteiger partial charge >= 0.3 is 0 Å². The molecule has 2 aromatic carbocycles. The van der Waals surface area contributed by atoms with Crippen molar-refractivity contribution in [3.63, 3.8) is 0 Å². The first-order valence-corrected chi connectivity index (χ1v) is 13.5. The normalized spacial score (nSPS) is 19.1. The minimum atomic E-state index is 0.167. The number of aryl methyl sites for hydroxylation is 2. The average molecular weight is 505 g/mol. The van der Waals surface area contributed by atoms with E-state index in [4.69, 9.17) is 9.97 Å². The quantitative estimate of drug-likeness (QED) is 0.292. The van der Waals surface area contributed by atoms with Crippen molar-refractivity contribution >= 4 is 34.4 Å². The van der Waals surface area contributed by atoms with Crippen molar-refractivity contribution in [1.82, 2.24) is 9.97 Å². The second kappa shape index (κ2) is 9.35. The zero-order chi connectivity index (χ0) is 26.6. The summed E-state index contributed by atoms with van der Waals surface area (Å²) in [7, 11) is 2.14. The number of pyridine rings is 2. The van der Waals surface area contributed by atoms with E-state index in [1.165, 1.54) is 39.4 Å². The fraction of sp³-hybridized carbons (Fsp3) is 0.312. The molecule has 0 amide bonds. The number of hydrogen-bond donors (Lipinski definition) is 0. The van der Waals surface area contributed by atoms with E-state index < -0.39 is 0 Å². The molecule has 0 aliphatic carbocycles. The Morgan fingerprint density at radius 2 is 1.32 bits per heavy atom. The highest BCUT2D eigenvalue weighted by molar-refractivity contribution is 5.83. The molecule has 194 valence electrons. The van der Waals surface area contributed by atoms with Crippen LogP contribution in [-0.4, -0.2) is 35.4 Å². The highest BCUT2D eigenvalue weighted by Crippen LogP contribution is 2.45. The maximum absolute atomic E-state index is 4.82. The standard InChI is InChI=1S/C32H36N6/c1-21-11-7-8-12-27(21)38-25(5)36(30-14-10-18-34-32(30)38)23(3)20-26-15-16-28(22(2)19-26)37-24(4)35(6)29-13-9-17-33-31(29)37/h7-19,23-25H,20H2,1-6H3/t23?,24-,25-/m1/s1. The van der Waals surface area contributed by atoms with Crippen LogP contribution in [0.15, 0.2) is 79.1 Å². The number of rotatable bonds is 5. The van der Waals surface area contributed by atoms with E-state index in [1.54, 1.807) is 0 Å². The van der Waals surface area contributed by atoms with Crippen molar-refractivity contribution in [3.05, 3.63) is 95.8 Å². The second-order valence-corrected chi connectivity index (χ2v) is 10.7. The molecule has 0 bridgehead atoms. The van der Waals surface area contributed by atoms with Crippen LogP contribution in [0.4, 0.5) is 34.4 Å². The monoisotopic (exact) mass is 504 g/mol. The summed E-state index contributed by atoms with van der Waals surface area (Å²) in [5.74, 6) is 2.06. The topological polar surface area (TPSA) is 38.7 Å². The third kappa shape index (κ3) is 3.78. The predicted molar refractivity (Wildman–Crippen MR) is 158 cm³/mol. The molecule has 0 saturated heterocycles. The van der Waals surface area contributed by atoms with Crippen molar-refractivity contribution in [2.75, 3.05) is 26.6 Å². The highest BCUT2D eigenvalue weighted by atomic mass is 15.4. The van der Waals surface area contributed by atoms with Gasteiger partial charge in [-0.25, -0.2) is 9.97 Å². The van der Waals surface area contributed by atoms with Gasteiger partial charge in [-0.3, -0.25) is 0 Å². The molecular formula is C32H36N6. The lowest BCUT2D eigenvalue weighted by atomic mass is 10.0. The zero-order valence-electron chi connectivity index (χ0n) is 23.1. The Balaban J connectivity index is 1.28. The van der Waals surface area contributed by atoms with Crippen molar-refractivity contribution < 1.29 is 0 Å². The van der Waals surface area contributed by atoms with E-state index in [9.17, 15) is 0 Å². The van der Waals surface area contributed by atoms with Crippen LogP contribution in [0.5, 0.6) is 0 Å². The van der Waals surface area contributed by atoms with Crippen molar-refractivity contribution in [2.24, 2.45) is 0 Å². The Bertz CT molecular complexity index is 1480. The molecule has 3 atom stereocenters. The maximum atomic E-state index is 4.82.